The van der Waals surface area contributed by atoms with E-state index in [0.717, 1.165) is 18.9 Å². The highest BCUT2D eigenvalue weighted by Gasteiger charge is 2.12. The topological polar surface area (TPSA) is 16.1 Å². The summed E-state index contributed by atoms with van der Waals surface area (Å²) in [4.78, 5) is 6.19. The molecule has 0 aromatic carbocycles. The van der Waals surface area contributed by atoms with Gasteiger partial charge in [0, 0.05) is 13.1 Å². The molecule has 13 heavy (non-hydrogen) atoms. The van der Waals surface area contributed by atoms with Crippen LogP contribution in [-0.4, -0.2) is 18.1 Å². The van der Waals surface area contributed by atoms with Crippen molar-refractivity contribution in [3.8, 4) is 0 Å². The molecule has 4 heteroatoms. The van der Waals surface area contributed by atoms with E-state index >= 15 is 0 Å². The maximum atomic E-state index is 12.5. The van der Waals surface area contributed by atoms with Crippen LogP contribution < -0.4 is 4.90 Å². The Morgan fingerprint density at radius 3 is 2.46 bits per heavy atom. The van der Waals surface area contributed by atoms with Gasteiger partial charge >= 0.3 is 0 Å². The van der Waals surface area contributed by atoms with Gasteiger partial charge in [-0.2, -0.15) is 0 Å². The molecule has 1 aromatic rings. The molecule has 0 N–H and O–H groups in total. The third-order valence-electron chi connectivity index (χ3n) is 2.14. The van der Waals surface area contributed by atoms with E-state index in [1.165, 1.54) is 25.1 Å². The third kappa shape index (κ3) is 2.31. The van der Waals surface area contributed by atoms with Gasteiger partial charge in [0.1, 0.15) is 11.6 Å². The molecule has 1 aliphatic heterocycles. The molecule has 1 fully saturated rings. The third-order valence-corrected chi connectivity index (χ3v) is 2.14. The summed E-state index contributed by atoms with van der Waals surface area (Å²) < 4.78 is 12.5. The zero-order valence-corrected chi connectivity index (χ0v) is 8.06. The molecule has 0 amide bonds. The minimum Gasteiger partial charge on any atom is -0.357 e. The average Bonchev–Trinajstić information content (AvgIpc) is 2.58. The summed E-state index contributed by atoms with van der Waals surface area (Å²) in [6, 6.07) is 3.20. The van der Waals surface area contributed by atoms with Crippen LogP contribution in [0.3, 0.4) is 0 Å². The minimum atomic E-state index is -0.266. The summed E-state index contributed by atoms with van der Waals surface area (Å²) in [6.45, 7) is 2.11. The van der Waals surface area contributed by atoms with Gasteiger partial charge in [-0.15, -0.1) is 12.4 Å². The van der Waals surface area contributed by atoms with Crippen molar-refractivity contribution in [1.29, 1.82) is 0 Å². The van der Waals surface area contributed by atoms with Gasteiger partial charge in [-0.05, 0) is 25.0 Å². The lowest BCUT2D eigenvalue weighted by molar-refractivity contribution is 0.621. The van der Waals surface area contributed by atoms with Gasteiger partial charge in [-0.3, -0.25) is 0 Å². The Morgan fingerprint density at radius 1 is 1.23 bits per heavy atom. The van der Waals surface area contributed by atoms with E-state index in [1.54, 1.807) is 6.07 Å². The minimum absolute atomic E-state index is 0. The summed E-state index contributed by atoms with van der Waals surface area (Å²) in [5.41, 5.74) is 0. The number of pyridine rings is 1. The van der Waals surface area contributed by atoms with Crippen LogP contribution in [0.25, 0.3) is 0 Å². The van der Waals surface area contributed by atoms with Gasteiger partial charge in [0.05, 0.1) is 6.20 Å². The number of nitrogens with zero attached hydrogens (tertiary/aromatic N) is 2. The molecule has 0 unspecified atom stereocenters. The van der Waals surface area contributed by atoms with Gasteiger partial charge in [-0.25, -0.2) is 9.37 Å². The van der Waals surface area contributed by atoms with E-state index in [9.17, 15) is 4.39 Å². The van der Waals surface area contributed by atoms with Crippen molar-refractivity contribution in [2.24, 2.45) is 0 Å². The maximum absolute atomic E-state index is 12.5. The first kappa shape index (κ1) is 10.3. The van der Waals surface area contributed by atoms with Crippen molar-refractivity contribution in [2.75, 3.05) is 18.0 Å². The molecule has 1 saturated heterocycles. The molecule has 0 atom stereocenters. The van der Waals surface area contributed by atoms with Crippen LogP contribution in [0.15, 0.2) is 18.3 Å². The average molecular weight is 203 g/mol. The summed E-state index contributed by atoms with van der Waals surface area (Å²) in [7, 11) is 0. The number of hydrogen-bond donors (Lipinski definition) is 0. The highest BCUT2D eigenvalue weighted by atomic mass is 35.5. The first-order chi connectivity index (χ1) is 5.86. The predicted molar refractivity (Wildman–Crippen MR) is 52.9 cm³/mol. The quantitative estimate of drug-likeness (QED) is 0.695. The summed E-state index contributed by atoms with van der Waals surface area (Å²) >= 11 is 0. The Kier molecular flexibility index (Phi) is 3.48. The Balaban J connectivity index is 0.000000845. The Morgan fingerprint density at radius 2 is 1.92 bits per heavy atom. The molecule has 1 aliphatic rings. The van der Waals surface area contributed by atoms with Crippen LogP contribution in [0.2, 0.25) is 0 Å². The highest BCUT2D eigenvalue weighted by Crippen LogP contribution is 2.16. The first-order valence-electron chi connectivity index (χ1n) is 4.23. The molecule has 0 radical (unpaired) electrons. The molecular formula is C9H12ClFN2. The summed E-state index contributed by atoms with van der Waals surface area (Å²) in [6.07, 6.45) is 3.71. The van der Waals surface area contributed by atoms with E-state index < -0.39 is 0 Å². The molecular weight excluding hydrogens is 191 g/mol. The van der Waals surface area contributed by atoms with E-state index in [4.69, 9.17) is 0 Å². The SMILES string of the molecule is Cl.Fc1ccc(N2CCCC2)nc1. The fourth-order valence-electron chi connectivity index (χ4n) is 1.50. The van der Waals surface area contributed by atoms with Gasteiger partial charge < -0.3 is 4.90 Å². The van der Waals surface area contributed by atoms with E-state index in [0.29, 0.717) is 0 Å². The van der Waals surface area contributed by atoms with Gasteiger partial charge in [0.15, 0.2) is 0 Å². The van der Waals surface area contributed by atoms with Crippen LogP contribution in [-0.2, 0) is 0 Å². The number of anilines is 1. The van der Waals surface area contributed by atoms with Crippen LogP contribution in [0.1, 0.15) is 12.8 Å². The van der Waals surface area contributed by atoms with Gasteiger partial charge in [-0.1, -0.05) is 0 Å². The summed E-state index contributed by atoms with van der Waals surface area (Å²) in [5.74, 6) is 0.631. The highest BCUT2D eigenvalue weighted by molar-refractivity contribution is 5.85. The second kappa shape index (κ2) is 4.42. The van der Waals surface area contributed by atoms with Crippen LogP contribution in [0.4, 0.5) is 10.2 Å². The van der Waals surface area contributed by atoms with Crippen LogP contribution in [0, 0.1) is 5.82 Å². The lowest BCUT2D eigenvalue weighted by Crippen LogP contribution is -2.18. The number of hydrogen-bond acceptors (Lipinski definition) is 2. The normalized spacial score (nSPS) is 15.6. The second-order valence-corrected chi connectivity index (χ2v) is 3.03. The second-order valence-electron chi connectivity index (χ2n) is 3.03. The number of aromatic nitrogens is 1. The molecule has 0 saturated carbocycles. The Bertz CT molecular complexity index is 257. The van der Waals surface area contributed by atoms with Crippen molar-refractivity contribution in [1.82, 2.24) is 4.98 Å². The smallest absolute Gasteiger partial charge is 0.141 e. The van der Waals surface area contributed by atoms with Crippen molar-refractivity contribution in [3.05, 3.63) is 24.1 Å². The van der Waals surface area contributed by atoms with Crippen LogP contribution in [0.5, 0.6) is 0 Å². The van der Waals surface area contributed by atoms with Crippen molar-refractivity contribution in [3.63, 3.8) is 0 Å². The summed E-state index contributed by atoms with van der Waals surface area (Å²) in [5, 5.41) is 0. The van der Waals surface area contributed by atoms with Crippen molar-refractivity contribution >= 4 is 18.2 Å². The molecule has 1 aromatic heterocycles. The molecule has 2 heterocycles. The van der Waals surface area contributed by atoms with Crippen LogP contribution >= 0.6 is 12.4 Å². The molecule has 72 valence electrons. The fourth-order valence-corrected chi connectivity index (χ4v) is 1.50. The largest absolute Gasteiger partial charge is 0.357 e. The maximum Gasteiger partial charge on any atom is 0.141 e. The van der Waals surface area contributed by atoms with E-state index in [1.807, 2.05) is 0 Å². The lowest BCUT2D eigenvalue weighted by atomic mass is 10.4. The predicted octanol–water partition coefficient (Wildman–Crippen LogP) is 2.24. The number of rotatable bonds is 1. The number of halogens is 2. The molecule has 0 spiro atoms. The Labute approximate surface area is 83.2 Å². The van der Waals surface area contributed by atoms with Gasteiger partial charge in [0.25, 0.3) is 0 Å². The molecule has 2 rings (SSSR count). The molecule has 0 aliphatic carbocycles. The Hall–Kier alpha value is -0.830. The standard InChI is InChI=1S/C9H11FN2.ClH/c10-8-3-4-9(11-7-8)12-5-1-2-6-12;/h3-4,7H,1-2,5-6H2;1H. The van der Waals surface area contributed by atoms with Gasteiger partial charge in [0.2, 0.25) is 0 Å². The first-order valence-corrected chi connectivity index (χ1v) is 4.23. The molecule has 0 bridgehead atoms. The van der Waals surface area contributed by atoms with Crippen molar-refractivity contribution in [2.45, 2.75) is 12.8 Å². The zero-order valence-electron chi connectivity index (χ0n) is 7.24. The fraction of sp³-hybridized carbons (Fsp3) is 0.444. The van der Waals surface area contributed by atoms with E-state index in [2.05, 4.69) is 9.88 Å². The lowest BCUT2D eigenvalue weighted by Gasteiger charge is -2.15. The van der Waals surface area contributed by atoms with Crippen molar-refractivity contribution < 1.29 is 4.39 Å². The molecule has 2 nitrogen and oxygen atoms in total. The monoisotopic (exact) mass is 202 g/mol. The zero-order chi connectivity index (χ0) is 8.39. The van der Waals surface area contributed by atoms with E-state index in [-0.39, 0.29) is 18.2 Å².